The highest BCUT2D eigenvalue weighted by Gasteiger charge is 2.23. The average Bonchev–Trinajstić information content (AvgIpc) is 3.31. The van der Waals surface area contributed by atoms with Gasteiger partial charge in [0, 0.05) is 11.9 Å². The van der Waals surface area contributed by atoms with Crippen molar-refractivity contribution in [3.63, 3.8) is 0 Å². The largest absolute Gasteiger partial charge is 0.462 e. The fourth-order valence-corrected chi connectivity index (χ4v) is 4.15. The van der Waals surface area contributed by atoms with E-state index < -0.39 is 24.5 Å². The van der Waals surface area contributed by atoms with Gasteiger partial charge in [0.15, 0.2) is 17.4 Å². The van der Waals surface area contributed by atoms with E-state index in [1.165, 1.54) is 22.7 Å². The first kappa shape index (κ1) is 23.6. The van der Waals surface area contributed by atoms with E-state index in [0.29, 0.717) is 34.6 Å². The van der Waals surface area contributed by atoms with E-state index in [0.717, 1.165) is 5.56 Å². The normalized spacial score (nSPS) is 10.5. The third kappa shape index (κ3) is 6.67. The van der Waals surface area contributed by atoms with E-state index in [1.807, 2.05) is 19.2 Å². The maximum Gasteiger partial charge on any atom is 0.358 e. The van der Waals surface area contributed by atoms with Gasteiger partial charge < -0.3 is 20.1 Å². The van der Waals surface area contributed by atoms with Crippen LogP contribution in [0.5, 0.6) is 0 Å². The van der Waals surface area contributed by atoms with Gasteiger partial charge in [-0.1, -0.05) is 19.9 Å². The molecule has 0 aliphatic carbocycles. The summed E-state index contributed by atoms with van der Waals surface area (Å²) in [5, 5.41) is 9.93. The van der Waals surface area contributed by atoms with E-state index in [2.05, 4.69) is 22.2 Å². The third-order valence-electron chi connectivity index (χ3n) is 3.67. The van der Waals surface area contributed by atoms with Crippen molar-refractivity contribution in [1.29, 1.82) is 0 Å². The first-order valence-corrected chi connectivity index (χ1v) is 11.2. The van der Waals surface area contributed by atoms with Crippen molar-refractivity contribution >= 4 is 50.7 Å². The van der Waals surface area contributed by atoms with Crippen LogP contribution in [0.1, 0.15) is 47.2 Å². The van der Waals surface area contributed by atoms with E-state index in [-0.39, 0.29) is 12.3 Å². The predicted molar refractivity (Wildman–Crippen MR) is 119 cm³/mol. The molecular formula is C20H25N3O5S2. The van der Waals surface area contributed by atoms with Gasteiger partial charge in [0.2, 0.25) is 0 Å². The van der Waals surface area contributed by atoms with Crippen LogP contribution < -0.4 is 10.6 Å². The highest BCUT2D eigenvalue weighted by molar-refractivity contribution is 7.15. The van der Waals surface area contributed by atoms with Crippen molar-refractivity contribution in [2.24, 2.45) is 5.92 Å². The first-order chi connectivity index (χ1) is 14.3. The molecule has 0 spiro atoms. The molecule has 8 nitrogen and oxygen atoms in total. The smallest absolute Gasteiger partial charge is 0.358 e. The number of anilines is 2. The fraction of sp³-hybridized carbons (Fsp3) is 0.400. The molecule has 0 atom stereocenters. The molecule has 0 radical (unpaired) electrons. The zero-order chi connectivity index (χ0) is 22.1. The van der Waals surface area contributed by atoms with Crippen molar-refractivity contribution in [1.82, 2.24) is 4.98 Å². The maximum atomic E-state index is 12.4. The quantitative estimate of drug-likeness (QED) is 0.393. The van der Waals surface area contributed by atoms with Gasteiger partial charge in [0.05, 0.1) is 12.2 Å². The van der Waals surface area contributed by atoms with Crippen LogP contribution in [0.2, 0.25) is 0 Å². The molecule has 2 heterocycles. The Morgan fingerprint density at radius 3 is 2.63 bits per heavy atom. The standard InChI is InChI=1S/C20H25N3O5S2/c1-5-7-21-20-22-14(11-30-20)18(25)28-9-15(24)23-17-16(19(26)27-6-2)13(10-29-17)8-12(3)4/h5,10-12H,1,6-9H2,2-4H3,(H,21,22)(H,23,24). The molecule has 162 valence electrons. The molecular weight excluding hydrogens is 426 g/mol. The lowest BCUT2D eigenvalue weighted by Crippen LogP contribution is -2.22. The molecule has 1 amide bonds. The number of carbonyl (C=O) groups excluding carboxylic acids is 3. The van der Waals surface area contributed by atoms with Crippen LogP contribution in [0, 0.1) is 5.92 Å². The number of thiophene rings is 1. The van der Waals surface area contributed by atoms with Gasteiger partial charge in [0.1, 0.15) is 5.00 Å². The second-order valence-corrected chi connectivity index (χ2v) is 8.35. The molecule has 10 heteroatoms. The van der Waals surface area contributed by atoms with Crippen molar-refractivity contribution in [3.8, 4) is 0 Å². The Morgan fingerprint density at radius 1 is 1.20 bits per heavy atom. The number of thiazole rings is 1. The Bertz CT molecular complexity index is 904. The molecule has 0 aliphatic rings. The van der Waals surface area contributed by atoms with Gasteiger partial charge in [-0.15, -0.1) is 29.3 Å². The topological polar surface area (TPSA) is 107 Å². The molecule has 2 rings (SSSR count). The maximum absolute atomic E-state index is 12.4. The van der Waals surface area contributed by atoms with E-state index in [9.17, 15) is 14.4 Å². The zero-order valence-electron chi connectivity index (χ0n) is 17.1. The van der Waals surface area contributed by atoms with Crippen LogP contribution in [0.25, 0.3) is 0 Å². The van der Waals surface area contributed by atoms with Crippen molar-refractivity contribution in [2.75, 3.05) is 30.4 Å². The van der Waals surface area contributed by atoms with Crippen LogP contribution in [-0.4, -0.2) is 42.6 Å². The Kier molecular flexibility index (Phi) is 9.00. The van der Waals surface area contributed by atoms with Crippen molar-refractivity contribution in [2.45, 2.75) is 27.2 Å². The summed E-state index contributed by atoms with van der Waals surface area (Å²) < 4.78 is 10.2. The van der Waals surface area contributed by atoms with E-state index >= 15 is 0 Å². The Morgan fingerprint density at radius 2 is 1.97 bits per heavy atom. The molecule has 0 unspecified atom stereocenters. The summed E-state index contributed by atoms with van der Waals surface area (Å²) in [6.45, 7) is 9.66. The van der Waals surface area contributed by atoms with Gasteiger partial charge >= 0.3 is 11.9 Å². The van der Waals surface area contributed by atoms with Crippen LogP contribution >= 0.6 is 22.7 Å². The number of rotatable bonds is 11. The van der Waals surface area contributed by atoms with Crippen molar-refractivity contribution in [3.05, 3.63) is 40.2 Å². The monoisotopic (exact) mass is 451 g/mol. The molecule has 30 heavy (non-hydrogen) atoms. The van der Waals surface area contributed by atoms with Gasteiger partial charge in [-0.2, -0.15) is 0 Å². The number of esters is 2. The molecule has 2 aromatic heterocycles. The molecule has 0 fully saturated rings. The number of nitrogens with one attached hydrogen (secondary N) is 2. The number of nitrogens with zero attached hydrogens (tertiary/aromatic N) is 1. The highest BCUT2D eigenvalue weighted by Crippen LogP contribution is 2.31. The SMILES string of the molecule is C=CCNc1nc(C(=O)OCC(=O)Nc2scc(CC(C)C)c2C(=O)OCC)cs1. The minimum atomic E-state index is -0.703. The summed E-state index contributed by atoms with van der Waals surface area (Å²) in [4.78, 5) is 40.8. The minimum absolute atomic E-state index is 0.113. The second kappa shape index (κ2) is 11.5. The first-order valence-electron chi connectivity index (χ1n) is 9.40. The summed E-state index contributed by atoms with van der Waals surface area (Å²) in [5.41, 5.74) is 1.29. The van der Waals surface area contributed by atoms with Crippen LogP contribution in [0.15, 0.2) is 23.4 Å². The number of ether oxygens (including phenoxy) is 2. The number of aromatic nitrogens is 1. The summed E-state index contributed by atoms with van der Waals surface area (Å²) >= 11 is 2.49. The lowest BCUT2D eigenvalue weighted by Gasteiger charge is -2.10. The second-order valence-electron chi connectivity index (χ2n) is 6.62. The Labute approximate surface area is 183 Å². The summed E-state index contributed by atoms with van der Waals surface area (Å²) in [5.74, 6) is -1.40. The van der Waals surface area contributed by atoms with Crippen LogP contribution in [0.3, 0.4) is 0 Å². The molecule has 0 bridgehead atoms. The summed E-state index contributed by atoms with van der Waals surface area (Å²) in [6, 6.07) is 0. The molecule has 0 saturated carbocycles. The average molecular weight is 452 g/mol. The van der Waals surface area contributed by atoms with Crippen LogP contribution in [0.4, 0.5) is 10.1 Å². The number of carbonyl (C=O) groups is 3. The number of amides is 1. The Balaban J connectivity index is 1.99. The Hall–Kier alpha value is -2.72. The number of hydrogen-bond donors (Lipinski definition) is 2. The summed E-state index contributed by atoms with van der Waals surface area (Å²) in [7, 11) is 0. The lowest BCUT2D eigenvalue weighted by atomic mass is 10.0. The van der Waals surface area contributed by atoms with Gasteiger partial charge in [-0.25, -0.2) is 14.6 Å². The molecule has 0 aromatic carbocycles. The fourth-order valence-electron chi connectivity index (χ4n) is 2.48. The third-order valence-corrected chi connectivity index (χ3v) is 5.42. The zero-order valence-corrected chi connectivity index (χ0v) is 18.8. The minimum Gasteiger partial charge on any atom is -0.462 e. The predicted octanol–water partition coefficient (Wildman–Crippen LogP) is 3.97. The number of hydrogen-bond acceptors (Lipinski definition) is 9. The lowest BCUT2D eigenvalue weighted by molar-refractivity contribution is -0.119. The molecule has 0 saturated heterocycles. The van der Waals surface area contributed by atoms with E-state index in [4.69, 9.17) is 9.47 Å². The van der Waals surface area contributed by atoms with E-state index in [1.54, 1.807) is 18.4 Å². The van der Waals surface area contributed by atoms with Crippen molar-refractivity contribution < 1.29 is 23.9 Å². The highest BCUT2D eigenvalue weighted by atomic mass is 32.1. The summed E-state index contributed by atoms with van der Waals surface area (Å²) in [6.07, 6.45) is 2.35. The van der Waals surface area contributed by atoms with Gasteiger partial charge in [-0.3, -0.25) is 4.79 Å². The van der Waals surface area contributed by atoms with Gasteiger partial charge in [-0.05, 0) is 30.2 Å². The molecule has 2 aromatic rings. The molecule has 2 N–H and O–H groups in total. The van der Waals surface area contributed by atoms with Gasteiger partial charge in [0.25, 0.3) is 5.91 Å². The van der Waals surface area contributed by atoms with Crippen LogP contribution in [-0.2, 0) is 20.7 Å². The molecule has 0 aliphatic heterocycles.